The lowest BCUT2D eigenvalue weighted by molar-refractivity contribution is -0.110. The molecule has 1 amide bonds. The van der Waals surface area contributed by atoms with E-state index in [9.17, 15) is 4.79 Å². The van der Waals surface area contributed by atoms with Crippen molar-refractivity contribution in [3.63, 3.8) is 0 Å². The first-order valence-corrected chi connectivity index (χ1v) is 4.50. The summed E-state index contributed by atoms with van der Waals surface area (Å²) < 4.78 is 0. The molecular weight excluding hydrogens is 162 g/mol. The third-order valence-corrected chi connectivity index (χ3v) is 2.07. The number of carbonyl (C=O) groups excluding carboxylic acids is 1. The number of rotatable bonds is 4. The average molecular weight is 177 g/mol. The molecule has 0 aliphatic carbocycles. The largest absolute Gasteiger partial charge is 0.352 e. The van der Waals surface area contributed by atoms with Gasteiger partial charge in [0.15, 0.2) is 0 Å². The lowest BCUT2D eigenvalue weighted by Gasteiger charge is -2.20. The summed E-state index contributed by atoms with van der Waals surface area (Å²) in [5, 5.41) is 2.82. The number of hydrogen-bond donors (Lipinski definition) is 1. The van der Waals surface area contributed by atoms with Crippen molar-refractivity contribution in [2.24, 2.45) is 5.92 Å². The highest BCUT2D eigenvalue weighted by molar-refractivity contribution is 5.47. The lowest BCUT2D eigenvalue weighted by atomic mass is 9.96. The summed E-state index contributed by atoms with van der Waals surface area (Å²) in [5.41, 5.74) is 1.16. The summed E-state index contributed by atoms with van der Waals surface area (Å²) in [6.07, 6.45) is 0.762. The number of carbonyl (C=O) groups is 1. The van der Waals surface area contributed by atoms with E-state index in [1.54, 1.807) is 0 Å². The molecule has 70 valence electrons. The molecular formula is C11H15NO. The smallest absolute Gasteiger partial charge is 0.207 e. The average Bonchev–Trinajstić information content (AvgIpc) is 2.15. The molecule has 0 heterocycles. The summed E-state index contributed by atoms with van der Waals surface area (Å²) in [6, 6.07) is 10.1. The first-order chi connectivity index (χ1) is 6.25. The van der Waals surface area contributed by atoms with E-state index in [1.165, 1.54) is 0 Å². The third-order valence-electron chi connectivity index (χ3n) is 2.07. The third kappa shape index (κ3) is 2.58. The minimum atomic E-state index is 0.124. The first kappa shape index (κ1) is 9.78. The summed E-state index contributed by atoms with van der Waals surface area (Å²) in [5.74, 6) is 0.410. The van der Waals surface area contributed by atoms with E-state index < -0.39 is 0 Å². The molecule has 0 aliphatic heterocycles. The normalized spacial score (nSPS) is 12.5. The van der Waals surface area contributed by atoms with Crippen LogP contribution in [-0.4, -0.2) is 6.41 Å². The van der Waals surface area contributed by atoms with Crippen molar-refractivity contribution < 1.29 is 4.79 Å². The Morgan fingerprint density at radius 3 is 2.31 bits per heavy atom. The van der Waals surface area contributed by atoms with Gasteiger partial charge in [0.1, 0.15) is 0 Å². The Morgan fingerprint density at radius 1 is 1.23 bits per heavy atom. The fourth-order valence-corrected chi connectivity index (χ4v) is 1.41. The molecule has 0 saturated heterocycles. The quantitative estimate of drug-likeness (QED) is 0.701. The zero-order valence-electron chi connectivity index (χ0n) is 8.03. The molecule has 1 N–H and O–H groups in total. The standard InChI is InChI=1S/C11H15NO/c1-9(2)11(12-8-13)10-6-4-3-5-7-10/h3-9,11H,1-2H3,(H,12,13)/t11-/m1/s1. The molecule has 13 heavy (non-hydrogen) atoms. The van der Waals surface area contributed by atoms with E-state index in [0.29, 0.717) is 5.92 Å². The van der Waals surface area contributed by atoms with Crippen molar-refractivity contribution in [1.29, 1.82) is 0 Å². The van der Waals surface area contributed by atoms with E-state index in [0.717, 1.165) is 12.0 Å². The van der Waals surface area contributed by atoms with E-state index >= 15 is 0 Å². The predicted octanol–water partition coefficient (Wildman–Crippen LogP) is 2.13. The molecule has 0 spiro atoms. The van der Waals surface area contributed by atoms with Crippen LogP contribution >= 0.6 is 0 Å². The molecule has 0 aromatic heterocycles. The molecule has 2 heteroatoms. The van der Waals surface area contributed by atoms with Crippen molar-refractivity contribution in [2.45, 2.75) is 19.9 Å². The molecule has 1 atom stereocenters. The molecule has 0 unspecified atom stereocenters. The summed E-state index contributed by atoms with van der Waals surface area (Å²) in [6.45, 7) is 4.18. The Bertz CT molecular complexity index is 256. The van der Waals surface area contributed by atoms with Crippen molar-refractivity contribution in [1.82, 2.24) is 5.32 Å². The Hall–Kier alpha value is -1.31. The minimum absolute atomic E-state index is 0.124. The van der Waals surface area contributed by atoms with Crippen LogP contribution in [0.1, 0.15) is 25.5 Å². The second-order valence-electron chi connectivity index (χ2n) is 3.42. The maximum absolute atomic E-state index is 10.4. The van der Waals surface area contributed by atoms with Crippen LogP contribution in [0.15, 0.2) is 30.3 Å². The van der Waals surface area contributed by atoms with Gasteiger partial charge < -0.3 is 5.32 Å². The second kappa shape index (κ2) is 4.65. The van der Waals surface area contributed by atoms with Gasteiger partial charge in [0.25, 0.3) is 0 Å². The highest BCUT2D eigenvalue weighted by Gasteiger charge is 2.13. The van der Waals surface area contributed by atoms with Gasteiger partial charge in [-0.2, -0.15) is 0 Å². The molecule has 2 nitrogen and oxygen atoms in total. The van der Waals surface area contributed by atoms with Gasteiger partial charge in [-0.25, -0.2) is 0 Å². The van der Waals surface area contributed by atoms with Gasteiger partial charge in [0.2, 0.25) is 6.41 Å². The number of nitrogens with one attached hydrogen (secondary N) is 1. The van der Waals surface area contributed by atoms with Crippen molar-refractivity contribution >= 4 is 6.41 Å². The highest BCUT2D eigenvalue weighted by Crippen LogP contribution is 2.20. The molecule has 1 rings (SSSR count). The summed E-state index contributed by atoms with van der Waals surface area (Å²) in [4.78, 5) is 10.4. The van der Waals surface area contributed by atoms with Crippen LogP contribution in [0, 0.1) is 5.92 Å². The molecule has 0 aliphatic rings. The maximum Gasteiger partial charge on any atom is 0.207 e. The van der Waals surface area contributed by atoms with E-state index in [2.05, 4.69) is 19.2 Å². The zero-order valence-corrected chi connectivity index (χ0v) is 8.03. The first-order valence-electron chi connectivity index (χ1n) is 4.50. The fourth-order valence-electron chi connectivity index (χ4n) is 1.41. The molecule has 0 bridgehead atoms. The van der Waals surface area contributed by atoms with Crippen LogP contribution in [0.3, 0.4) is 0 Å². The van der Waals surface area contributed by atoms with Crippen molar-refractivity contribution in [3.8, 4) is 0 Å². The van der Waals surface area contributed by atoms with E-state index in [4.69, 9.17) is 0 Å². The lowest BCUT2D eigenvalue weighted by Crippen LogP contribution is -2.24. The van der Waals surface area contributed by atoms with Crippen molar-refractivity contribution in [3.05, 3.63) is 35.9 Å². The van der Waals surface area contributed by atoms with Gasteiger partial charge in [0.05, 0.1) is 6.04 Å². The second-order valence-corrected chi connectivity index (χ2v) is 3.42. The Kier molecular flexibility index (Phi) is 3.50. The zero-order chi connectivity index (χ0) is 9.68. The molecule has 0 fully saturated rings. The number of hydrogen-bond acceptors (Lipinski definition) is 1. The highest BCUT2D eigenvalue weighted by atomic mass is 16.1. The SMILES string of the molecule is CC(C)[C@@H](NC=O)c1ccccc1. The summed E-state index contributed by atoms with van der Waals surface area (Å²) in [7, 11) is 0. The van der Waals surface area contributed by atoms with Crippen LogP contribution in [0.4, 0.5) is 0 Å². The van der Waals surface area contributed by atoms with Crippen LogP contribution in [-0.2, 0) is 4.79 Å². The molecule has 1 aromatic carbocycles. The van der Waals surface area contributed by atoms with Crippen LogP contribution < -0.4 is 5.32 Å². The van der Waals surface area contributed by atoms with Crippen molar-refractivity contribution in [2.75, 3.05) is 0 Å². The van der Waals surface area contributed by atoms with Gasteiger partial charge in [0, 0.05) is 0 Å². The topological polar surface area (TPSA) is 29.1 Å². The van der Waals surface area contributed by atoms with Crippen LogP contribution in [0.25, 0.3) is 0 Å². The van der Waals surface area contributed by atoms with Gasteiger partial charge in [-0.1, -0.05) is 44.2 Å². The number of benzene rings is 1. The maximum atomic E-state index is 10.4. The summed E-state index contributed by atoms with van der Waals surface area (Å²) >= 11 is 0. The fraction of sp³-hybridized carbons (Fsp3) is 0.364. The van der Waals surface area contributed by atoms with Gasteiger partial charge >= 0.3 is 0 Å². The van der Waals surface area contributed by atoms with E-state index in [-0.39, 0.29) is 6.04 Å². The Labute approximate surface area is 79.0 Å². The van der Waals surface area contributed by atoms with Crippen LogP contribution in [0.2, 0.25) is 0 Å². The Balaban J connectivity index is 2.82. The minimum Gasteiger partial charge on any atom is -0.352 e. The molecule has 0 saturated carbocycles. The number of amides is 1. The predicted molar refractivity (Wildman–Crippen MR) is 53.2 cm³/mol. The molecule has 1 aromatic rings. The van der Waals surface area contributed by atoms with E-state index in [1.807, 2.05) is 30.3 Å². The van der Waals surface area contributed by atoms with Gasteiger partial charge in [-0.15, -0.1) is 0 Å². The molecule has 0 radical (unpaired) electrons. The van der Waals surface area contributed by atoms with Crippen LogP contribution in [0.5, 0.6) is 0 Å². The van der Waals surface area contributed by atoms with Gasteiger partial charge in [-0.3, -0.25) is 4.79 Å². The van der Waals surface area contributed by atoms with Gasteiger partial charge in [-0.05, 0) is 11.5 Å². The Morgan fingerprint density at radius 2 is 1.85 bits per heavy atom. The monoisotopic (exact) mass is 177 g/mol.